The minimum atomic E-state index is -0.227. The van der Waals surface area contributed by atoms with Gasteiger partial charge in [0.1, 0.15) is 5.82 Å². The van der Waals surface area contributed by atoms with Crippen LogP contribution in [0.25, 0.3) is 11.8 Å². The van der Waals surface area contributed by atoms with Crippen LogP contribution in [0.2, 0.25) is 5.02 Å². The molecular formula is C24H26ClFN4S. The van der Waals surface area contributed by atoms with Gasteiger partial charge in [-0.2, -0.15) is 5.10 Å². The van der Waals surface area contributed by atoms with Gasteiger partial charge in [0, 0.05) is 17.6 Å². The third kappa shape index (κ3) is 5.70. The van der Waals surface area contributed by atoms with Crippen molar-refractivity contribution in [3.05, 3.63) is 81.6 Å². The van der Waals surface area contributed by atoms with Crippen molar-refractivity contribution in [3.8, 4) is 5.69 Å². The summed E-state index contributed by atoms with van der Waals surface area (Å²) in [4.78, 5) is 2.42. The normalized spacial score (nSPS) is 14.1. The van der Waals surface area contributed by atoms with E-state index >= 15 is 0 Å². The third-order valence-corrected chi connectivity index (χ3v) is 6.18. The van der Waals surface area contributed by atoms with E-state index in [0.717, 1.165) is 42.6 Å². The fraction of sp³-hybridized carbons (Fsp3) is 0.333. The van der Waals surface area contributed by atoms with E-state index in [4.69, 9.17) is 28.9 Å². The van der Waals surface area contributed by atoms with Crippen molar-refractivity contribution in [2.24, 2.45) is 0 Å². The summed E-state index contributed by atoms with van der Waals surface area (Å²) in [6, 6.07) is 14.9. The van der Waals surface area contributed by atoms with Crippen LogP contribution in [0.3, 0.4) is 0 Å². The molecular weight excluding hydrogens is 431 g/mol. The van der Waals surface area contributed by atoms with Crippen molar-refractivity contribution in [2.75, 3.05) is 13.6 Å². The molecule has 162 valence electrons. The Hall–Kier alpha value is -2.28. The maximum Gasteiger partial charge on any atom is 0.202 e. The van der Waals surface area contributed by atoms with E-state index in [-0.39, 0.29) is 5.82 Å². The van der Waals surface area contributed by atoms with Gasteiger partial charge in [-0.1, -0.05) is 29.8 Å². The van der Waals surface area contributed by atoms with E-state index in [1.807, 2.05) is 45.7 Å². The molecule has 3 aromatic rings. The van der Waals surface area contributed by atoms with Crippen LogP contribution in [0.4, 0.5) is 4.39 Å². The zero-order chi connectivity index (χ0) is 21.8. The van der Waals surface area contributed by atoms with Crippen LogP contribution in [0.15, 0.2) is 54.6 Å². The predicted octanol–water partition coefficient (Wildman–Crippen LogP) is 5.94. The van der Waals surface area contributed by atoms with Crippen molar-refractivity contribution < 1.29 is 4.39 Å². The van der Waals surface area contributed by atoms with Crippen molar-refractivity contribution in [1.29, 1.82) is 0 Å². The summed E-state index contributed by atoms with van der Waals surface area (Å²) in [6.07, 6.45) is 8.31. The number of benzene rings is 2. The fourth-order valence-electron chi connectivity index (χ4n) is 3.60. The predicted molar refractivity (Wildman–Crippen MR) is 127 cm³/mol. The minimum Gasteiger partial charge on any atom is -0.303 e. The maximum absolute atomic E-state index is 13.1. The van der Waals surface area contributed by atoms with Gasteiger partial charge in [-0.3, -0.25) is 4.57 Å². The molecule has 0 spiro atoms. The Morgan fingerprint density at radius 3 is 2.55 bits per heavy atom. The van der Waals surface area contributed by atoms with Crippen LogP contribution >= 0.6 is 23.8 Å². The van der Waals surface area contributed by atoms with E-state index in [1.54, 1.807) is 12.1 Å². The van der Waals surface area contributed by atoms with E-state index in [1.165, 1.54) is 25.0 Å². The van der Waals surface area contributed by atoms with E-state index < -0.39 is 0 Å². The molecule has 0 N–H and O–H groups in total. The molecule has 4 nitrogen and oxygen atoms in total. The van der Waals surface area contributed by atoms with Gasteiger partial charge in [-0.15, -0.1) is 0 Å². The molecule has 0 unspecified atom stereocenters. The largest absolute Gasteiger partial charge is 0.303 e. The molecule has 1 aromatic heterocycles. The molecule has 0 amide bonds. The molecule has 0 aliphatic heterocycles. The van der Waals surface area contributed by atoms with E-state index in [9.17, 15) is 4.39 Å². The standard InChI is InChI=1S/C24H26ClFN4S/c1-28(21-14-15-21)16-3-17-29-24(31)30(22-12-8-19(25)9-13-22)23(27-29)5-2-4-18-6-10-20(26)11-7-18/h2,5-13,21H,3-4,14-17H2,1H3/b5-2+. The third-order valence-electron chi connectivity index (χ3n) is 5.53. The highest BCUT2D eigenvalue weighted by Crippen LogP contribution is 2.25. The first-order chi connectivity index (χ1) is 15.0. The van der Waals surface area contributed by atoms with Gasteiger partial charge in [-0.05, 0) is 99.5 Å². The Morgan fingerprint density at radius 1 is 1.16 bits per heavy atom. The summed E-state index contributed by atoms with van der Waals surface area (Å²) >= 11 is 11.8. The number of allylic oxidation sites excluding steroid dienone is 1. The van der Waals surface area contributed by atoms with E-state index in [2.05, 4.69) is 11.9 Å². The number of aromatic nitrogens is 3. The van der Waals surface area contributed by atoms with Gasteiger partial charge in [0.05, 0.1) is 5.69 Å². The number of nitrogens with zero attached hydrogens (tertiary/aromatic N) is 4. The summed E-state index contributed by atoms with van der Waals surface area (Å²) < 4.78 is 17.7. The SMILES string of the molecule is CN(CCCn1nc(/C=C/Cc2ccc(F)cc2)n(-c2ccc(Cl)cc2)c1=S)C1CC1. The average molecular weight is 457 g/mol. The first-order valence-electron chi connectivity index (χ1n) is 10.6. The molecule has 1 heterocycles. The highest BCUT2D eigenvalue weighted by Gasteiger charge is 2.25. The molecule has 4 rings (SSSR count). The first kappa shape index (κ1) is 21.9. The summed E-state index contributed by atoms with van der Waals surface area (Å²) in [5, 5.41) is 5.47. The molecule has 1 aliphatic carbocycles. The summed E-state index contributed by atoms with van der Waals surface area (Å²) in [5.74, 6) is 0.542. The highest BCUT2D eigenvalue weighted by atomic mass is 35.5. The minimum absolute atomic E-state index is 0.227. The number of halogens is 2. The summed E-state index contributed by atoms with van der Waals surface area (Å²) in [7, 11) is 2.19. The molecule has 1 fully saturated rings. The quantitative estimate of drug-likeness (QED) is 0.373. The lowest BCUT2D eigenvalue weighted by Crippen LogP contribution is -2.23. The average Bonchev–Trinajstić information content (AvgIpc) is 3.56. The molecule has 7 heteroatoms. The Kier molecular flexibility index (Phi) is 7.00. The fourth-order valence-corrected chi connectivity index (χ4v) is 4.06. The molecule has 0 saturated heterocycles. The molecule has 2 aromatic carbocycles. The van der Waals surface area contributed by atoms with Crippen LogP contribution in [-0.2, 0) is 13.0 Å². The Bertz CT molecular complexity index is 1100. The van der Waals surface area contributed by atoms with Crippen LogP contribution in [0.5, 0.6) is 0 Å². The molecule has 1 aliphatic rings. The highest BCUT2D eigenvalue weighted by molar-refractivity contribution is 7.71. The Labute approximate surface area is 192 Å². The molecule has 0 radical (unpaired) electrons. The summed E-state index contributed by atoms with van der Waals surface area (Å²) in [6.45, 7) is 1.81. The zero-order valence-corrected chi connectivity index (χ0v) is 19.1. The molecule has 31 heavy (non-hydrogen) atoms. The second kappa shape index (κ2) is 9.90. The molecule has 1 saturated carbocycles. The smallest absolute Gasteiger partial charge is 0.202 e. The van der Waals surface area contributed by atoms with Gasteiger partial charge in [-0.25, -0.2) is 9.07 Å². The van der Waals surface area contributed by atoms with Gasteiger partial charge in [0.2, 0.25) is 4.77 Å². The second-order valence-corrected chi connectivity index (χ2v) is 8.78. The van der Waals surface area contributed by atoms with Gasteiger partial charge in [0.15, 0.2) is 5.82 Å². The van der Waals surface area contributed by atoms with Gasteiger partial charge >= 0.3 is 0 Å². The van der Waals surface area contributed by atoms with Crippen LogP contribution < -0.4 is 0 Å². The van der Waals surface area contributed by atoms with Crippen molar-refractivity contribution in [2.45, 2.75) is 38.3 Å². The van der Waals surface area contributed by atoms with Crippen LogP contribution in [0, 0.1) is 10.6 Å². The van der Waals surface area contributed by atoms with Gasteiger partial charge < -0.3 is 4.90 Å². The number of hydrogen-bond acceptors (Lipinski definition) is 3. The van der Waals surface area contributed by atoms with Crippen LogP contribution in [-0.4, -0.2) is 38.9 Å². The lowest BCUT2D eigenvalue weighted by Gasteiger charge is -2.14. The van der Waals surface area contributed by atoms with Crippen molar-refractivity contribution in [3.63, 3.8) is 0 Å². The van der Waals surface area contributed by atoms with E-state index in [0.29, 0.717) is 16.2 Å². The first-order valence-corrected chi connectivity index (χ1v) is 11.4. The molecule has 0 bridgehead atoms. The van der Waals surface area contributed by atoms with Crippen molar-refractivity contribution in [1.82, 2.24) is 19.2 Å². The lowest BCUT2D eigenvalue weighted by molar-refractivity contribution is 0.308. The topological polar surface area (TPSA) is 26.0 Å². The van der Waals surface area contributed by atoms with Crippen molar-refractivity contribution >= 4 is 29.9 Å². The monoisotopic (exact) mass is 456 g/mol. The summed E-state index contributed by atoms with van der Waals surface area (Å²) in [5.41, 5.74) is 1.97. The second-order valence-electron chi connectivity index (χ2n) is 7.97. The van der Waals surface area contributed by atoms with Crippen LogP contribution in [0.1, 0.15) is 30.7 Å². The number of hydrogen-bond donors (Lipinski definition) is 0. The number of rotatable bonds is 9. The number of aryl methyl sites for hydroxylation is 1. The van der Waals surface area contributed by atoms with Gasteiger partial charge in [0.25, 0.3) is 0 Å². The Morgan fingerprint density at radius 2 is 1.87 bits per heavy atom. The lowest BCUT2D eigenvalue weighted by atomic mass is 10.1. The maximum atomic E-state index is 13.1. The zero-order valence-electron chi connectivity index (χ0n) is 17.5. The molecule has 0 atom stereocenters. The Balaban J connectivity index is 1.55.